The number of hydrogen-bond donors (Lipinski definition) is 1. The topological polar surface area (TPSA) is 56.2 Å². The fourth-order valence-electron chi connectivity index (χ4n) is 3.23. The molecule has 1 saturated heterocycles. The van der Waals surface area contributed by atoms with Crippen molar-refractivity contribution in [3.63, 3.8) is 0 Å². The molecule has 134 valence electrons. The molecule has 0 saturated carbocycles. The number of carbonyl (C=O) groups excluding carboxylic acids is 1. The zero-order chi connectivity index (χ0) is 18.1. The van der Waals surface area contributed by atoms with Crippen molar-refractivity contribution in [3.05, 3.63) is 46.8 Å². The molecule has 1 N–H and O–H groups in total. The maximum atomic E-state index is 14.1. The van der Waals surface area contributed by atoms with Gasteiger partial charge >= 0.3 is 0 Å². The van der Waals surface area contributed by atoms with Gasteiger partial charge in [-0.05, 0) is 45.7 Å². The predicted octanol–water partition coefficient (Wildman–Crippen LogP) is 3.06. The van der Waals surface area contributed by atoms with Crippen molar-refractivity contribution < 1.29 is 18.3 Å². The first-order valence-corrected chi connectivity index (χ1v) is 8.32. The quantitative estimate of drug-likeness (QED) is 0.923. The number of rotatable bonds is 4. The average Bonchev–Trinajstić information content (AvgIpc) is 3.16. The van der Waals surface area contributed by atoms with Crippen LogP contribution in [0.25, 0.3) is 5.69 Å². The second kappa shape index (κ2) is 6.92. The number of nitrogens with one attached hydrogen (secondary N) is 1. The summed E-state index contributed by atoms with van der Waals surface area (Å²) in [4.78, 5) is 12.7. The summed E-state index contributed by atoms with van der Waals surface area (Å²) in [6.07, 6.45) is 1.92. The second-order valence-corrected chi connectivity index (χ2v) is 6.37. The van der Waals surface area contributed by atoms with Gasteiger partial charge in [-0.25, -0.2) is 13.5 Å². The molecule has 1 aromatic carbocycles. The van der Waals surface area contributed by atoms with Gasteiger partial charge in [-0.3, -0.25) is 4.79 Å². The zero-order valence-electron chi connectivity index (χ0n) is 14.5. The molecule has 7 heteroatoms. The van der Waals surface area contributed by atoms with Gasteiger partial charge in [0, 0.05) is 12.7 Å². The van der Waals surface area contributed by atoms with E-state index in [1.165, 1.54) is 10.7 Å². The molecule has 0 radical (unpaired) electrons. The van der Waals surface area contributed by atoms with Crippen molar-refractivity contribution >= 4 is 5.91 Å². The highest BCUT2D eigenvalue weighted by atomic mass is 19.1. The van der Waals surface area contributed by atoms with Crippen LogP contribution in [0.5, 0.6) is 0 Å². The summed E-state index contributed by atoms with van der Waals surface area (Å²) in [5.74, 6) is -1.66. The van der Waals surface area contributed by atoms with Crippen LogP contribution in [0, 0.1) is 25.5 Å². The first-order chi connectivity index (χ1) is 11.9. The van der Waals surface area contributed by atoms with Crippen LogP contribution in [0.2, 0.25) is 0 Å². The normalized spacial score (nSPS) is 18.4. The summed E-state index contributed by atoms with van der Waals surface area (Å²) in [5.41, 5.74) is 1.49. The van der Waals surface area contributed by atoms with Gasteiger partial charge in [-0.15, -0.1) is 0 Å². The number of nitrogens with zero attached hydrogens (tertiary/aromatic N) is 2. The molecule has 0 bridgehead atoms. The molecule has 2 heterocycles. The van der Waals surface area contributed by atoms with Crippen molar-refractivity contribution in [2.45, 2.75) is 45.8 Å². The van der Waals surface area contributed by atoms with E-state index >= 15 is 0 Å². The number of carbonyl (C=O) groups is 1. The van der Waals surface area contributed by atoms with Crippen LogP contribution in [-0.4, -0.2) is 34.4 Å². The summed E-state index contributed by atoms with van der Waals surface area (Å²) in [6.45, 7) is 6.00. The van der Waals surface area contributed by atoms with Gasteiger partial charge in [0.2, 0.25) is 0 Å². The van der Waals surface area contributed by atoms with E-state index in [2.05, 4.69) is 10.4 Å². The number of benzene rings is 1. The van der Waals surface area contributed by atoms with Gasteiger partial charge in [0.1, 0.15) is 11.5 Å². The Hall–Kier alpha value is -2.28. The average molecular weight is 349 g/mol. The van der Waals surface area contributed by atoms with Gasteiger partial charge in [-0.2, -0.15) is 5.10 Å². The monoisotopic (exact) mass is 349 g/mol. The minimum absolute atomic E-state index is 0.00847. The lowest BCUT2D eigenvalue weighted by Gasteiger charge is -2.20. The smallest absolute Gasteiger partial charge is 0.255 e. The SMILES string of the molecule is Cc1nn(-c2ccc(F)cc2F)c(C)c1C(=O)N[C@H](C)[C@H]1CCCO1. The molecule has 1 aliphatic heterocycles. The molecular weight excluding hydrogens is 328 g/mol. The molecule has 1 amide bonds. The van der Waals surface area contributed by atoms with Gasteiger partial charge < -0.3 is 10.1 Å². The molecule has 1 aromatic heterocycles. The first kappa shape index (κ1) is 17.5. The van der Waals surface area contributed by atoms with Gasteiger partial charge in [-0.1, -0.05) is 0 Å². The van der Waals surface area contributed by atoms with E-state index in [4.69, 9.17) is 4.74 Å². The molecule has 2 aromatic rings. The van der Waals surface area contributed by atoms with Crippen LogP contribution in [0.1, 0.15) is 41.5 Å². The molecular formula is C18H21F2N3O2. The van der Waals surface area contributed by atoms with Crippen molar-refractivity contribution in [2.24, 2.45) is 0 Å². The van der Waals surface area contributed by atoms with Gasteiger partial charge in [0.05, 0.1) is 29.1 Å². The van der Waals surface area contributed by atoms with Crippen molar-refractivity contribution in [1.82, 2.24) is 15.1 Å². The summed E-state index contributed by atoms with van der Waals surface area (Å²) in [5, 5.41) is 7.20. The minimum Gasteiger partial charge on any atom is -0.376 e. The van der Waals surface area contributed by atoms with E-state index in [0.717, 1.165) is 25.0 Å². The lowest BCUT2D eigenvalue weighted by Crippen LogP contribution is -2.41. The van der Waals surface area contributed by atoms with Gasteiger partial charge in [0.25, 0.3) is 5.91 Å². The third-order valence-corrected chi connectivity index (χ3v) is 4.54. The van der Waals surface area contributed by atoms with Crippen molar-refractivity contribution in [2.75, 3.05) is 6.61 Å². The summed E-state index contributed by atoms with van der Waals surface area (Å²) in [7, 11) is 0. The minimum atomic E-state index is -0.731. The standard InChI is InChI=1S/C18H21F2N3O2/c1-10(16-5-4-8-25-16)21-18(24)17-11(2)22-23(12(17)3)15-7-6-13(19)9-14(15)20/h6-7,9-10,16H,4-5,8H2,1-3H3,(H,21,24)/t10-,16-/m1/s1. The van der Waals surface area contributed by atoms with E-state index in [0.29, 0.717) is 23.6 Å². The fourth-order valence-corrected chi connectivity index (χ4v) is 3.23. The summed E-state index contributed by atoms with van der Waals surface area (Å²) < 4.78 is 34.1. The maximum Gasteiger partial charge on any atom is 0.255 e. The predicted molar refractivity (Wildman–Crippen MR) is 88.9 cm³/mol. The van der Waals surface area contributed by atoms with Crippen LogP contribution < -0.4 is 5.32 Å². The molecule has 0 spiro atoms. The zero-order valence-corrected chi connectivity index (χ0v) is 14.5. The Labute approximate surface area is 145 Å². The highest BCUT2D eigenvalue weighted by Crippen LogP contribution is 2.22. The summed E-state index contributed by atoms with van der Waals surface area (Å²) >= 11 is 0. The molecule has 3 rings (SSSR count). The fraction of sp³-hybridized carbons (Fsp3) is 0.444. The number of aromatic nitrogens is 2. The third kappa shape index (κ3) is 3.42. The molecule has 1 fully saturated rings. The number of amides is 1. The third-order valence-electron chi connectivity index (χ3n) is 4.54. The lowest BCUT2D eigenvalue weighted by molar-refractivity contribution is 0.0711. The van der Waals surface area contributed by atoms with E-state index < -0.39 is 11.6 Å². The Kier molecular flexibility index (Phi) is 4.85. The Morgan fingerprint density at radius 3 is 2.80 bits per heavy atom. The lowest BCUT2D eigenvalue weighted by atomic mass is 10.1. The highest BCUT2D eigenvalue weighted by Gasteiger charge is 2.27. The van der Waals surface area contributed by atoms with Crippen LogP contribution in [0.4, 0.5) is 8.78 Å². The Morgan fingerprint density at radius 1 is 1.40 bits per heavy atom. The molecule has 2 atom stereocenters. The Bertz CT molecular complexity index is 798. The molecule has 25 heavy (non-hydrogen) atoms. The largest absolute Gasteiger partial charge is 0.376 e. The van der Waals surface area contributed by atoms with E-state index in [-0.39, 0.29) is 23.7 Å². The summed E-state index contributed by atoms with van der Waals surface area (Å²) in [6, 6.07) is 3.14. The highest BCUT2D eigenvalue weighted by molar-refractivity contribution is 5.96. The van der Waals surface area contributed by atoms with Crippen LogP contribution >= 0.6 is 0 Å². The van der Waals surface area contributed by atoms with E-state index in [1.807, 2.05) is 6.92 Å². The number of hydrogen-bond acceptors (Lipinski definition) is 3. The molecule has 1 aliphatic rings. The number of ether oxygens (including phenoxy) is 1. The van der Waals surface area contributed by atoms with E-state index in [1.54, 1.807) is 13.8 Å². The Morgan fingerprint density at radius 2 is 2.16 bits per heavy atom. The molecule has 0 unspecified atom stereocenters. The second-order valence-electron chi connectivity index (χ2n) is 6.37. The van der Waals surface area contributed by atoms with Crippen molar-refractivity contribution in [3.8, 4) is 5.69 Å². The maximum absolute atomic E-state index is 14.1. The Balaban J connectivity index is 1.87. The van der Waals surface area contributed by atoms with Crippen LogP contribution in [-0.2, 0) is 4.74 Å². The van der Waals surface area contributed by atoms with Crippen molar-refractivity contribution in [1.29, 1.82) is 0 Å². The molecule has 5 nitrogen and oxygen atoms in total. The molecule has 0 aliphatic carbocycles. The first-order valence-electron chi connectivity index (χ1n) is 8.32. The van der Waals surface area contributed by atoms with Crippen LogP contribution in [0.15, 0.2) is 18.2 Å². The number of aryl methyl sites for hydroxylation is 1. The van der Waals surface area contributed by atoms with Crippen LogP contribution in [0.3, 0.4) is 0 Å². The van der Waals surface area contributed by atoms with Gasteiger partial charge in [0.15, 0.2) is 5.82 Å². The van der Waals surface area contributed by atoms with E-state index in [9.17, 15) is 13.6 Å². The number of halogens is 2.